The first-order chi connectivity index (χ1) is 14.2. The summed E-state index contributed by atoms with van der Waals surface area (Å²) < 4.78 is 29.3. The molecule has 1 aromatic rings. The van der Waals surface area contributed by atoms with Gasteiger partial charge in [0.25, 0.3) is 6.43 Å². The lowest BCUT2D eigenvalue weighted by Crippen LogP contribution is -2.48. The number of anilines is 1. The predicted molar refractivity (Wildman–Crippen MR) is 114 cm³/mol. The summed E-state index contributed by atoms with van der Waals surface area (Å²) in [6, 6.07) is 0.961. The average Bonchev–Trinajstić information content (AvgIpc) is 3.36. The van der Waals surface area contributed by atoms with E-state index in [4.69, 9.17) is 0 Å². The molecule has 3 heterocycles. The highest BCUT2D eigenvalue weighted by Crippen LogP contribution is 2.38. The van der Waals surface area contributed by atoms with Crippen molar-refractivity contribution in [2.45, 2.75) is 96.1 Å². The molecule has 0 aromatic carbocycles. The number of nitrogens with zero attached hydrogens (tertiary/aromatic N) is 3. The number of carbonyl (C=O) groups excluding carboxylic acids is 1. The molecule has 1 saturated heterocycles. The average molecular weight is 423 g/mol. The van der Waals surface area contributed by atoms with Gasteiger partial charge in [0.05, 0.1) is 5.69 Å². The molecule has 168 valence electrons. The van der Waals surface area contributed by atoms with Crippen LogP contribution in [0.1, 0.15) is 83.9 Å². The third-order valence-electron chi connectivity index (χ3n) is 7.26. The van der Waals surface area contributed by atoms with Crippen molar-refractivity contribution in [1.82, 2.24) is 14.7 Å². The summed E-state index contributed by atoms with van der Waals surface area (Å²) >= 11 is 0. The van der Waals surface area contributed by atoms with Crippen molar-refractivity contribution in [1.29, 1.82) is 0 Å². The molecule has 0 radical (unpaired) electrons. The van der Waals surface area contributed by atoms with Crippen molar-refractivity contribution in [3.05, 3.63) is 11.8 Å². The van der Waals surface area contributed by atoms with Crippen molar-refractivity contribution in [2.24, 2.45) is 11.8 Å². The number of hydrogen-bond donors (Lipinski definition) is 1. The molecule has 0 bridgehead atoms. The zero-order valence-corrected chi connectivity index (χ0v) is 18.5. The summed E-state index contributed by atoms with van der Waals surface area (Å²) in [6.07, 6.45) is 5.30. The maximum Gasteiger partial charge on any atom is 0.260 e. The van der Waals surface area contributed by atoms with Crippen molar-refractivity contribution in [3.63, 3.8) is 0 Å². The van der Waals surface area contributed by atoms with E-state index in [2.05, 4.69) is 10.4 Å². The molecule has 1 unspecified atom stereocenters. The number of alkyl halides is 2. The minimum Gasteiger partial charge on any atom is -0.367 e. The molecule has 3 aliphatic rings. The quantitative estimate of drug-likeness (QED) is 0.744. The van der Waals surface area contributed by atoms with Gasteiger partial charge in [-0.1, -0.05) is 33.6 Å². The smallest absolute Gasteiger partial charge is 0.260 e. The van der Waals surface area contributed by atoms with Crippen LogP contribution < -0.4 is 5.32 Å². The third-order valence-corrected chi connectivity index (χ3v) is 7.26. The lowest BCUT2D eigenvalue weighted by Gasteiger charge is -2.41. The maximum atomic E-state index is 13.9. The fourth-order valence-electron chi connectivity index (χ4n) is 5.41. The molecule has 1 amide bonds. The molecule has 1 aliphatic carbocycles. The van der Waals surface area contributed by atoms with Crippen LogP contribution >= 0.6 is 0 Å². The number of carbonyl (C=O) groups is 1. The Bertz CT molecular complexity index is 751. The van der Waals surface area contributed by atoms with Gasteiger partial charge in [0, 0.05) is 37.0 Å². The van der Waals surface area contributed by atoms with E-state index in [1.54, 1.807) is 0 Å². The highest BCUT2D eigenvalue weighted by molar-refractivity contribution is 5.76. The largest absolute Gasteiger partial charge is 0.367 e. The van der Waals surface area contributed by atoms with Crippen LogP contribution in [0.5, 0.6) is 0 Å². The summed E-state index contributed by atoms with van der Waals surface area (Å²) in [6.45, 7) is 7.63. The third kappa shape index (κ3) is 4.50. The number of likely N-dealkylation sites (tertiary alicyclic amines) is 1. The van der Waals surface area contributed by atoms with Crippen molar-refractivity contribution >= 4 is 11.7 Å². The number of nitrogens with one attached hydrogen (secondary N) is 1. The molecule has 30 heavy (non-hydrogen) atoms. The molecule has 1 saturated carbocycles. The summed E-state index contributed by atoms with van der Waals surface area (Å²) in [5.74, 6) is 1.69. The Balaban J connectivity index is 1.46. The zero-order valence-electron chi connectivity index (χ0n) is 18.5. The van der Waals surface area contributed by atoms with Crippen molar-refractivity contribution < 1.29 is 13.6 Å². The zero-order chi connectivity index (χ0) is 21.5. The van der Waals surface area contributed by atoms with Crippen LogP contribution in [-0.2, 0) is 10.2 Å². The number of rotatable bonds is 4. The van der Waals surface area contributed by atoms with Crippen LogP contribution in [0.4, 0.5) is 14.6 Å². The summed E-state index contributed by atoms with van der Waals surface area (Å²) in [5.41, 5.74) is 0.635. The minimum atomic E-state index is -2.45. The number of hydrogen-bond acceptors (Lipinski definition) is 3. The van der Waals surface area contributed by atoms with E-state index in [9.17, 15) is 13.6 Å². The molecular formula is C23H36F2N4O. The molecule has 5 nitrogen and oxygen atoms in total. The first-order valence-electron chi connectivity index (χ1n) is 11.6. The highest BCUT2D eigenvalue weighted by Gasteiger charge is 2.39. The van der Waals surface area contributed by atoms with E-state index in [0.29, 0.717) is 31.1 Å². The number of halogens is 2. The van der Waals surface area contributed by atoms with Gasteiger partial charge >= 0.3 is 0 Å². The SMILES string of the molecule is CC(C)(C)c1cc2n(n1)[C@@H](C(F)F)C[C@@H](C1CCCN(C(=O)CC3CCCC3)C1)N2. The molecule has 0 spiro atoms. The molecule has 1 N–H and O–H groups in total. The first kappa shape index (κ1) is 21.6. The van der Waals surface area contributed by atoms with Gasteiger partial charge in [-0.15, -0.1) is 0 Å². The van der Waals surface area contributed by atoms with E-state index in [-0.39, 0.29) is 23.3 Å². The van der Waals surface area contributed by atoms with Gasteiger partial charge in [-0.25, -0.2) is 13.5 Å². The standard InChI is InChI=1S/C23H36F2N4O/c1-23(2,3)19-13-20-26-17(12-18(22(24)25)29(20)27-19)16-9-6-10-28(14-16)21(30)11-15-7-4-5-8-15/h13,15-18,22,26H,4-12,14H2,1-3H3/t16?,17-,18+/m0/s1. The lowest BCUT2D eigenvalue weighted by molar-refractivity contribution is -0.134. The van der Waals surface area contributed by atoms with E-state index in [1.165, 1.54) is 30.4 Å². The van der Waals surface area contributed by atoms with E-state index in [0.717, 1.165) is 25.1 Å². The predicted octanol–water partition coefficient (Wildman–Crippen LogP) is 4.99. The highest BCUT2D eigenvalue weighted by atomic mass is 19.3. The number of aromatic nitrogens is 2. The van der Waals surface area contributed by atoms with Crippen LogP contribution in [0, 0.1) is 11.8 Å². The van der Waals surface area contributed by atoms with Gasteiger partial charge in [0.15, 0.2) is 0 Å². The Hall–Kier alpha value is -1.66. The van der Waals surface area contributed by atoms with Gasteiger partial charge in [-0.05, 0) is 43.9 Å². The molecule has 2 fully saturated rings. The van der Waals surface area contributed by atoms with Crippen molar-refractivity contribution in [2.75, 3.05) is 18.4 Å². The fourth-order valence-corrected chi connectivity index (χ4v) is 5.41. The molecule has 2 aliphatic heterocycles. The minimum absolute atomic E-state index is 0.0527. The van der Waals surface area contributed by atoms with Crippen molar-refractivity contribution in [3.8, 4) is 0 Å². The Labute approximate surface area is 178 Å². The summed E-state index contributed by atoms with van der Waals surface area (Å²) in [7, 11) is 0. The number of amides is 1. The molecule has 3 atom stereocenters. The van der Waals surface area contributed by atoms with E-state index in [1.807, 2.05) is 31.7 Å². The Kier molecular flexibility index (Phi) is 6.08. The van der Waals surface area contributed by atoms with Gasteiger partial charge < -0.3 is 10.2 Å². The molecular weight excluding hydrogens is 386 g/mol. The first-order valence-corrected chi connectivity index (χ1v) is 11.6. The van der Waals surface area contributed by atoms with Crippen LogP contribution in [0.25, 0.3) is 0 Å². The van der Waals surface area contributed by atoms with E-state index >= 15 is 0 Å². The van der Waals surface area contributed by atoms with Crippen LogP contribution in [-0.4, -0.2) is 46.1 Å². The molecule has 1 aromatic heterocycles. The number of piperidine rings is 1. The van der Waals surface area contributed by atoms with Crippen LogP contribution in [0.3, 0.4) is 0 Å². The van der Waals surface area contributed by atoms with Crippen LogP contribution in [0.2, 0.25) is 0 Å². The molecule has 7 heteroatoms. The second kappa shape index (κ2) is 8.46. The second-order valence-corrected chi connectivity index (χ2v) is 10.6. The maximum absolute atomic E-state index is 13.9. The monoisotopic (exact) mass is 422 g/mol. The van der Waals surface area contributed by atoms with Gasteiger partial charge in [-0.3, -0.25) is 4.79 Å². The Morgan fingerprint density at radius 1 is 1.23 bits per heavy atom. The molecule has 4 rings (SSSR count). The second-order valence-electron chi connectivity index (χ2n) is 10.6. The fraction of sp³-hybridized carbons (Fsp3) is 0.826. The topological polar surface area (TPSA) is 50.2 Å². The van der Waals surface area contributed by atoms with Gasteiger partial charge in [0.1, 0.15) is 11.9 Å². The van der Waals surface area contributed by atoms with Gasteiger partial charge in [0.2, 0.25) is 5.91 Å². The van der Waals surface area contributed by atoms with Crippen LogP contribution in [0.15, 0.2) is 6.07 Å². The lowest BCUT2D eigenvalue weighted by atomic mass is 9.85. The Morgan fingerprint density at radius 3 is 2.63 bits per heavy atom. The number of fused-ring (bicyclic) bond motifs is 1. The van der Waals surface area contributed by atoms with Gasteiger partial charge in [-0.2, -0.15) is 5.10 Å². The Morgan fingerprint density at radius 2 is 1.97 bits per heavy atom. The summed E-state index contributed by atoms with van der Waals surface area (Å²) in [5, 5.41) is 8.02. The normalized spacial score (nSPS) is 27.9. The summed E-state index contributed by atoms with van der Waals surface area (Å²) in [4.78, 5) is 14.8. The van der Waals surface area contributed by atoms with E-state index < -0.39 is 12.5 Å².